The van der Waals surface area contributed by atoms with Crippen LogP contribution >= 0.6 is 11.3 Å². The Balaban J connectivity index is 2.77. The van der Waals surface area contributed by atoms with Gasteiger partial charge in [-0.25, -0.2) is 4.79 Å². The third-order valence-corrected chi connectivity index (χ3v) is 4.86. The van der Waals surface area contributed by atoms with Gasteiger partial charge in [0.25, 0.3) is 0 Å². The highest BCUT2D eigenvalue weighted by Gasteiger charge is 2.23. The molecule has 0 aliphatic heterocycles. The SMILES string of the molecule is CCCCCCCNc1sc(C(C)=O)c(C)c1C(=O)OCC. The summed E-state index contributed by atoms with van der Waals surface area (Å²) >= 11 is 1.36. The number of Topliss-reactive ketones (excluding diaryl/α,β-unsaturated/α-hetero) is 1. The number of carbonyl (C=O) groups excluding carboxylic acids is 2. The maximum Gasteiger partial charge on any atom is 0.341 e. The molecule has 124 valence electrons. The maximum absolute atomic E-state index is 12.1. The number of nitrogens with one attached hydrogen (secondary N) is 1. The quantitative estimate of drug-likeness (QED) is 0.381. The number of unbranched alkanes of at least 4 members (excludes halogenated alkanes) is 4. The van der Waals surface area contributed by atoms with E-state index in [1.807, 2.05) is 6.92 Å². The van der Waals surface area contributed by atoms with Crippen LogP contribution in [0.15, 0.2) is 0 Å². The van der Waals surface area contributed by atoms with E-state index in [2.05, 4.69) is 12.2 Å². The summed E-state index contributed by atoms with van der Waals surface area (Å²) in [6.45, 7) is 8.47. The minimum absolute atomic E-state index is 0.0101. The molecule has 0 saturated carbocycles. The van der Waals surface area contributed by atoms with Gasteiger partial charge in [0.05, 0.1) is 17.0 Å². The van der Waals surface area contributed by atoms with Crippen molar-refractivity contribution in [3.8, 4) is 0 Å². The molecule has 1 aromatic heterocycles. The van der Waals surface area contributed by atoms with Gasteiger partial charge in [-0.1, -0.05) is 32.6 Å². The zero-order chi connectivity index (χ0) is 16.5. The minimum Gasteiger partial charge on any atom is -0.462 e. The molecule has 1 aromatic rings. The summed E-state index contributed by atoms with van der Waals surface area (Å²) in [5.41, 5.74) is 1.25. The lowest BCUT2D eigenvalue weighted by Crippen LogP contribution is -2.10. The van der Waals surface area contributed by atoms with Gasteiger partial charge in [0.1, 0.15) is 5.00 Å². The van der Waals surface area contributed by atoms with Gasteiger partial charge in [0.2, 0.25) is 0 Å². The van der Waals surface area contributed by atoms with Crippen LogP contribution in [0.3, 0.4) is 0 Å². The summed E-state index contributed by atoms with van der Waals surface area (Å²) in [6.07, 6.45) is 5.98. The van der Waals surface area contributed by atoms with Crippen LogP contribution in [0.2, 0.25) is 0 Å². The highest BCUT2D eigenvalue weighted by molar-refractivity contribution is 7.18. The van der Waals surface area contributed by atoms with Crippen molar-refractivity contribution < 1.29 is 14.3 Å². The van der Waals surface area contributed by atoms with E-state index in [9.17, 15) is 9.59 Å². The smallest absolute Gasteiger partial charge is 0.341 e. The molecule has 1 heterocycles. The first-order chi connectivity index (χ1) is 10.5. The molecular formula is C17H27NO3S. The Morgan fingerprint density at radius 2 is 1.82 bits per heavy atom. The molecule has 0 bridgehead atoms. The first kappa shape index (κ1) is 18.7. The molecule has 0 radical (unpaired) electrons. The Bertz CT molecular complexity index is 508. The summed E-state index contributed by atoms with van der Waals surface area (Å²) < 4.78 is 5.12. The maximum atomic E-state index is 12.1. The van der Waals surface area contributed by atoms with Crippen molar-refractivity contribution in [2.75, 3.05) is 18.5 Å². The number of rotatable bonds is 10. The fraction of sp³-hybridized carbons (Fsp3) is 0.647. The molecule has 0 spiro atoms. The number of hydrogen-bond acceptors (Lipinski definition) is 5. The van der Waals surface area contributed by atoms with Gasteiger partial charge in [-0.2, -0.15) is 0 Å². The molecular weight excluding hydrogens is 298 g/mol. The molecule has 5 heteroatoms. The summed E-state index contributed by atoms with van der Waals surface area (Å²) in [5.74, 6) is -0.360. The van der Waals surface area contributed by atoms with Gasteiger partial charge in [-0.05, 0) is 32.8 Å². The predicted octanol–water partition coefficient (Wildman–Crippen LogP) is 4.82. The Morgan fingerprint density at radius 3 is 2.41 bits per heavy atom. The highest BCUT2D eigenvalue weighted by Crippen LogP contribution is 2.34. The third-order valence-electron chi connectivity index (χ3n) is 3.51. The standard InChI is InChI=1S/C17H27NO3S/c1-5-7-8-9-10-11-18-16-14(17(20)21-6-2)12(3)15(22-16)13(4)19/h18H,5-11H2,1-4H3. The monoisotopic (exact) mass is 325 g/mol. The van der Waals surface area contributed by atoms with Crippen LogP contribution in [-0.4, -0.2) is 24.9 Å². The summed E-state index contributed by atoms with van der Waals surface area (Å²) in [7, 11) is 0. The van der Waals surface area contributed by atoms with Crippen molar-refractivity contribution >= 4 is 28.1 Å². The summed E-state index contributed by atoms with van der Waals surface area (Å²) in [6, 6.07) is 0. The number of anilines is 1. The molecule has 1 N–H and O–H groups in total. The molecule has 22 heavy (non-hydrogen) atoms. The molecule has 4 nitrogen and oxygen atoms in total. The van der Waals surface area contributed by atoms with Crippen molar-refractivity contribution in [3.63, 3.8) is 0 Å². The third kappa shape index (κ3) is 5.13. The summed E-state index contributed by atoms with van der Waals surface area (Å²) in [4.78, 5) is 24.5. The van der Waals surface area contributed by atoms with Gasteiger partial charge in [0.15, 0.2) is 5.78 Å². The molecule has 0 aromatic carbocycles. The second-order valence-corrected chi connectivity index (χ2v) is 6.40. The largest absolute Gasteiger partial charge is 0.462 e. The lowest BCUT2D eigenvalue weighted by atomic mass is 10.1. The van der Waals surface area contributed by atoms with Crippen molar-refractivity contribution in [2.45, 2.75) is 59.8 Å². The van der Waals surface area contributed by atoms with Crippen LogP contribution in [0.1, 0.15) is 78.5 Å². The van der Waals surface area contributed by atoms with Crippen LogP contribution in [0.5, 0.6) is 0 Å². The van der Waals surface area contributed by atoms with E-state index < -0.39 is 0 Å². The molecule has 0 aliphatic carbocycles. The number of ether oxygens (including phenoxy) is 1. The van der Waals surface area contributed by atoms with Gasteiger partial charge < -0.3 is 10.1 Å². The molecule has 1 rings (SSSR count). The zero-order valence-electron chi connectivity index (χ0n) is 14.1. The second-order valence-electron chi connectivity index (χ2n) is 5.38. The average molecular weight is 325 g/mol. The summed E-state index contributed by atoms with van der Waals surface area (Å²) in [5, 5.41) is 4.07. The number of carbonyl (C=O) groups is 2. The molecule has 0 aliphatic rings. The van der Waals surface area contributed by atoms with Crippen LogP contribution < -0.4 is 5.32 Å². The number of thiophene rings is 1. The van der Waals surface area contributed by atoms with Crippen molar-refractivity contribution in [2.24, 2.45) is 0 Å². The van der Waals surface area contributed by atoms with Crippen molar-refractivity contribution in [1.29, 1.82) is 0 Å². The van der Waals surface area contributed by atoms with E-state index in [-0.39, 0.29) is 11.8 Å². The van der Waals surface area contributed by atoms with E-state index in [0.717, 1.165) is 23.5 Å². The van der Waals surface area contributed by atoms with Crippen LogP contribution in [0.25, 0.3) is 0 Å². The second kappa shape index (κ2) is 9.62. The van der Waals surface area contributed by atoms with Gasteiger partial charge in [0, 0.05) is 6.54 Å². The van der Waals surface area contributed by atoms with Crippen LogP contribution in [-0.2, 0) is 4.74 Å². The van der Waals surface area contributed by atoms with E-state index in [1.165, 1.54) is 43.9 Å². The van der Waals surface area contributed by atoms with Crippen molar-refractivity contribution in [1.82, 2.24) is 0 Å². The number of ketones is 1. The van der Waals surface area contributed by atoms with Gasteiger partial charge >= 0.3 is 5.97 Å². The first-order valence-corrected chi connectivity index (χ1v) is 8.89. The Morgan fingerprint density at radius 1 is 1.14 bits per heavy atom. The highest BCUT2D eigenvalue weighted by atomic mass is 32.1. The zero-order valence-corrected chi connectivity index (χ0v) is 14.9. The molecule has 0 amide bonds. The topological polar surface area (TPSA) is 55.4 Å². The minimum atomic E-state index is -0.350. The number of esters is 1. The average Bonchev–Trinajstić information content (AvgIpc) is 2.80. The normalized spacial score (nSPS) is 10.5. The molecule has 0 unspecified atom stereocenters. The van der Waals surface area contributed by atoms with E-state index in [4.69, 9.17) is 4.74 Å². The van der Waals surface area contributed by atoms with Crippen molar-refractivity contribution in [3.05, 3.63) is 16.0 Å². The fourth-order valence-electron chi connectivity index (χ4n) is 2.35. The van der Waals surface area contributed by atoms with E-state index in [0.29, 0.717) is 17.0 Å². The Hall–Kier alpha value is -1.36. The molecule has 0 fully saturated rings. The molecule has 0 saturated heterocycles. The van der Waals surface area contributed by atoms with E-state index >= 15 is 0 Å². The van der Waals surface area contributed by atoms with E-state index in [1.54, 1.807) is 6.92 Å². The predicted molar refractivity (Wildman–Crippen MR) is 92.3 cm³/mol. The van der Waals surface area contributed by atoms with Crippen LogP contribution in [0, 0.1) is 6.92 Å². The Labute approximate surface area is 137 Å². The lowest BCUT2D eigenvalue weighted by molar-refractivity contribution is 0.0527. The first-order valence-electron chi connectivity index (χ1n) is 8.08. The Kier molecular flexibility index (Phi) is 8.17. The number of hydrogen-bond donors (Lipinski definition) is 1. The molecule has 0 atom stereocenters. The fourth-order valence-corrected chi connectivity index (χ4v) is 3.47. The van der Waals surface area contributed by atoms with Gasteiger partial charge in [-0.15, -0.1) is 11.3 Å². The lowest BCUT2D eigenvalue weighted by Gasteiger charge is -2.07. The van der Waals surface area contributed by atoms with Crippen LogP contribution in [0.4, 0.5) is 5.00 Å². The van der Waals surface area contributed by atoms with Gasteiger partial charge in [-0.3, -0.25) is 4.79 Å².